The Morgan fingerprint density at radius 2 is 1.95 bits per heavy atom. The van der Waals surface area contributed by atoms with Gasteiger partial charge in [-0.3, -0.25) is 0 Å². The molecule has 1 aliphatic rings. The van der Waals surface area contributed by atoms with Crippen molar-refractivity contribution < 1.29 is 23.1 Å². The molecule has 4 N–H and O–H groups in total. The summed E-state index contributed by atoms with van der Waals surface area (Å²) in [5, 5.41) is 14.7. The Labute approximate surface area is 119 Å². The second-order valence-electron chi connectivity index (χ2n) is 5.19. The molecule has 0 saturated heterocycles. The van der Waals surface area contributed by atoms with Gasteiger partial charge in [-0.2, -0.15) is 0 Å². The van der Waals surface area contributed by atoms with Crippen molar-refractivity contribution >= 4 is 11.5 Å². The van der Waals surface area contributed by atoms with Gasteiger partial charge in [0.15, 0.2) is 0 Å². The Kier molecular flexibility index (Phi) is 4.15. The van der Waals surface area contributed by atoms with Crippen molar-refractivity contribution in [2.45, 2.75) is 25.6 Å². The molecule has 1 aliphatic carbocycles. The fourth-order valence-electron chi connectivity index (χ4n) is 2.08. The maximum Gasteiger partial charge on any atom is 0.573 e. The topological polar surface area (TPSA) is 79.9 Å². The summed E-state index contributed by atoms with van der Waals surface area (Å²) in [6, 6.07) is 5.53. The summed E-state index contributed by atoms with van der Waals surface area (Å²) >= 11 is 0. The zero-order chi connectivity index (χ0) is 15.5. The number of nitrogens with zero attached hydrogens (tertiary/aromatic N) is 1. The highest BCUT2D eigenvalue weighted by Crippen LogP contribution is 2.48. The number of hydrogen-bond donors (Lipinski definition) is 3. The molecule has 0 atom stereocenters. The number of halogens is 3. The van der Waals surface area contributed by atoms with Gasteiger partial charge in [0.2, 0.25) is 0 Å². The molecule has 0 unspecified atom stereocenters. The maximum absolute atomic E-state index is 12.0. The van der Waals surface area contributed by atoms with E-state index in [0.29, 0.717) is 18.7 Å². The summed E-state index contributed by atoms with van der Waals surface area (Å²) in [6.45, 7) is 0.614. The van der Waals surface area contributed by atoms with Gasteiger partial charge >= 0.3 is 6.36 Å². The lowest BCUT2D eigenvalue weighted by Gasteiger charge is -2.16. The molecule has 0 aliphatic heterocycles. The first kappa shape index (κ1) is 15.3. The smallest absolute Gasteiger partial charge is 0.409 e. The maximum atomic E-state index is 12.0. The molecular formula is C13H16F3N3O2. The van der Waals surface area contributed by atoms with Crippen molar-refractivity contribution in [1.82, 2.24) is 0 Å². The number of ether oxygens (including phenoxy) is 1. The third-order valence-corrected chi connectivity index (χ3v) is 3.40. The zero-order valence-corrected chi connectivity index (χ0v) is 11.2. The van der Waals surface area contributed by atoms with Crippen molar-refractivity contribution in [1.29, 1.82) is 0 Å². The first-order valence-corrected chi connectivity index (χ1v) is 6.38. The number of nitrogens with one attached hydrogen (secondary N) is 1. The van der Waals surface area contributed by atoms with Crippen molar-refractivity contribution in [2.75, 3.05) is 11.9 Å². The molecule has 0 bridgehead atoms. The lowest BCUT2D eigenvalue weighted by atomic mass is 10.0. The molecular weight excluding hydrogens is 287 g/mol. The lowest BCUT2D eigenvalue weighted by molar-refractivity contribution is -0.274. The number of nitrogens with two attached hydrogens (primary N) is 1. The Hall–Kier alpha value is -2.12. The van der Waals surface area contributed by atoms with Gasteiger partial charge in [-0.15, -0.1) is 13.2 Å². The third kappa shape index (κ3) is 4.73. The van der Waals surface area contributed by atoms with E-state index in [1.165, 1.54) is 24.3 Å². The molecule has 0 amide bonds. The number of oxime groups is 1. The predicted molar refractivity (Wildman–Crippen MR) is 71.3 cm³/mol. The van der Waals surface area contributed by atoms with Crippen molar-refractivity contribution in [2.24, 2.45) is 16.3 Å². The van der Waals surface area contributed by atoms with Crippen molar-refractivity contribution in [3.8, 4) is 5.75 Å². The van der Waals surface area contributed by atoms with Crippen LogP contribution >= 0.6 is 0 Å². The molecule has 1 saturated carbocycles. The normalized spacial score (nSPS) is 17.4. The van der Waals surface area contributed by atoms with E-state index in [4.69, 9.17) is 10.9 Å². The first-order valence-electron chi connectivity index (χ1n) is 6.38. The predicted octanol–water partition coefficient (Wildman–Crippen LogP) is 2.91. The van der Waals surface area contributed by atoms with Gasteiger partial charge in [0, 0.05) is 18.7 Å². The molecule has 1 aromatic rings. The van der Waals surface area contributed by atoms with Gasteiger partial charge in [-0.05, 0) is 42.5 Å². The zero-order valence-electron chi connectivity index (χ0n) is 11.2. The standard InChI is InChI=1S/C13H16F3N3O2/c14-13(15,16)21-10-3-1-9(2-4-10)18-8-12(5-6-12)7-11(17)19-20/h1-4,18,20H,5-8H2,(H2,17,19). The van der Waals surface area contributed by atoms with E-state index in [0.717, 1.165) is 12.8 Å². The number of alkyl halides is 3. The summed E-state index contributed by atoms with van der Waals surface area (Å²) in [7, 11) is 0. The molecule has 0 aromatic heterocycles. The van der Waals surface area contributed by atoms with E-state index < -0.39 is 6.36 Å². The van der Waals surface area contributed by atoms with Crippen LogP contribution in [0.1, 0.15) is 19.3 Å². The molecule has 0 radical (unpaired) electrons. The van der Waals surface area contributed by atoms with E-state index >= 15 is 0 Å². The largest absolute Gasteiger partial charge is 0.573 e. The van der Waals surface area contributed by atoms with E-state index in [1.54, 1.807) is 0 Å². The van der Waals surface area contributed by atoms with Crippen LogP contribution < -0.4 is 15.8 Å². The molecule has 5 nitrogen and oxygen atoms in total. The fraction of sp³-hybridized carbons (Fsp3) is 0.462. The van der Waals surface area contributed by atoms with E-state index in [2.05, 4.69) is 15.2 Å². The Morgan fingerprint density at radius 1 is 1.33 bits per heavy atom. The van der Waals surface area contributed by atoms with Crippen LogP contribution in [0.5, 0.6) is 5.75 Å². The van der Waals surface area contributed by atoms with Gasteiger partial charge in [-0.25, -0.2) is 0 Å². The average Bonchev–Trinajstić information content (AvgIpc) is 3.16. The monoisotopic (exact) mass is 303 g/mol. The summed E-state index contributed by atoms with van der Waals surface area (Å²) in [4.78, 5) is 0. The highest BCUT2D eigenvalue weighted by atomic mass is 19.4. The van der Waals surface area contributed by atoms with Crippen LogP contribution in [0.25, 0.3) is 0 Å². The number of anilines is 1. The number of amidine groups is 1. The van der Waals surface area contributed by atoms with Crippen LogP contribution in [-0.4, -0.2) is 23.9 Å². The van der Waals surface area contributed by atoms with Crippen LogP contribution in [0.2, 0.25) is 0 Å². The lowest BCUT2D eigenvalue weighted by Crippen LogP contribution is -2.23. The summed E-state index contributed by atoms with van der Waals surface area (Å²) in [5.41, 5.74) is 6.16. The molecule has 8 heteroatoms. The molecule has 21 heavy (non-hydrogen) atoms. The molecule has 1 fully saturated rings. The fourth-order valence-corrected chi connectivity index (χ4v) is 2.08. The van der Waals surface area contributed by atoms with Gasteiger partial charge in [-0.1, -0.05) is 5.16 Å². The summed E-state index contributed by atoms with van der Waals surface area (Å²) < 4.78 is 39.9. The minimum Gasteiger partial charge on any atom is -0.409 e. The van der Waals surface area contributed by atoms with Crippen molar-refractivity contribution in [3.63, 3.8) is 0 Å². The summed E-state index contributed by atoms with van der Waals surface area (Å²) in [5.74, 6) is -0.0749. The number of hydrogen-bond acceptors (Lipinski definition) is 4. The molecule has 1 aromatic carbocycles. The highest BCUT2D eigenvalue weighted by Gasteiger charge is 2.43. The quantitative estimate of drug-likeness (QED) is 0.327. The number of rotatable bonds is 6. The average molecular weight is 303 g/mol. The first-order chi connectivity index (χ1) is 9.82. The minimum atomic E-state index is -4.69. The minimum absolute atomic E-state index is 0.0303. The van der Waals surface area contributed by atoms with Crippen LogP contribution in [-0.2, 0) is 0 Å². The molecule has 0 heterocycles. The third-order valence-electron chi connectivity index (χ3n) is 3.40. The highest BCUT2D eigenvalue weighted by molar-refractivity contribution is 5.80. The van der Waals surface area contributed by atoms with Gasteiger partial charge in [0.1, 0.15) is 11.6 Å². The van der Waals surface area contributed by atoms with Gasteiger partial charge in [0.25, 0.3) is 0 Å². The second-order valence-corrected chi connectivity index (χ2v) is 5.19. The van der Waals surface area contributed by atoms with Crippen LogP contribution in [0.3, 0.4) is 0 Å². The SMILES string of the molecule is NC(CC1(CNc2ccc(OC(F)(F)F)cc2)CC1)=NO. The Balaban J connectivity index is 1.87. The van der Waals surface area contributed by atoms with Crippen molar-refractivity contribution in [3.05, 3.63) is 24.3 Å². The number of benzene rings is 1. The molecule has 116 valence electrons. The second kappa shape index (κ2) is 5.71. The molecule has 2 rings (SSSR count). The van der Waals surface area contributed by atoms with Crippen LogP contribution in [0.4, 0.5) is 18.9 Å². The van der Waals surface area contributed by atoms with Crippen LogP contribution in [0, 0.1) is 5.41 Å². The van der Waals surface area contributed by atoms with E-state index in [-0.39, 0.29) is 17.0 Å². The van der Waals surface area contributed by atoms with Crippen LogP contribution in [0.15, 0.2) is 29.4 Å². The summed E-state index contributed by atoms with van der Waals surface area (Å²) in [6.07, 6.45) is -2.27. The van der Waals surface area contributed by atoms with Gasteiger partial charge in [0.05, 0.1) is 0 Å². The molecule has 0 spiro atoms. The van der Waals surface area contributed by atoms with Gasteiger partial charge < -0.3 is 21.0 Å². The Bertz CT molecular complexity index is 510. The van der Waals surface area contributed by atoms with E-state index in [1.807, 2.05) is 0 Å². The van der Waals surface area contributed by atoms with E-state index in [9.17, 15) is 13.2 Å². The Morgan fingerprint density at radius 3 is 2.43 bits per heavy atom.